The number of rotatable bonds is 14. The molecule has 2 aromatic carbocycles. The van der Waals surface area contributed by atoms with Gasteiger partial charge >= 0.3 is 24.4 Å². The van der Waals surface area contributed by atoms with Gasteiger partial charge in [0.1, 0.15) is 35.9 Å². The second-order valence-corrected chi connectivity index (χ2v) is 22.2. The van der Waals surface area contributed by atoms with Crippen LogP contribution in [0.15, 0.2) is 106 Å². The Morgan fingerprint density at radius 1 is 0.649 bits per heavy atom. The molecule has 0 saturated carbocycles. The summed E-state index contributed by atoms with van der Waals surface area (Å²) >= 11 is 0. The van der Waals surface area contributed by atoms with Gasteiger partial charge in [-0.1, -0.05) is 65.7 Å². The number of hydrogen-bond donors (Lipinski definition) is 2. The largest absolute Gasteiger partial charge is 0.534 e. The van der Waals surface area contributed by atoms with Gasteiger partial charge < -0.3 is 48.6 Å². The third-order valence-corrected chi connectivity index (χ3v) is 12.6. The van der Waals surface area contributed by atoms with Crippen molar-refractivity contribution in [1.82, 2.24) is 20.2 Å². The van der Waals surface area contributed by atoms with Crippen LogP contribution in [0.5, 0.6) is 0 Å². The number of alkyl carbamates (subject to hydrolysis) is 1. The smallest absolute Gasteiger partial charge is 0.468 e. The zero-order valence-electron chi connectivity index (χ0n) is 44.8. The van der Waals surface area contributed by atoms with Crippen molar-refractivity contribution in [2.75, 3.05) is 13.1 Å². The summed E-state index contributed by atoms with van der Waals surface area (Å²) in [7, 11) is 0. The molecule has 0 aliphatic carbocycles. The monoisotopic (exact) mass is 1030 g/mol. The lowest BCUT2D eigenvalue weighted by atomic mass is 9.91. The molecule has 3 aliphatic heterocycles. The Balaban J connectivity index is 0.000000216. The molecule has 74 heavy (non-hydrogen) atoms. The number of furan rings is 2. The van der Waals surface area contributed by atoms with Gasteiger partial charge in [0.05, 0.1) is 24.6 Å². The van der Waals surface area contributed by atoms with Gasteiger partial charge in [-0.15, -0.1) is 0 Å². The predicted octanol–water partition coefficient (Wildman–Crippen LogP) is 11.6. The number of ether oxygens (including phenoxy) is 4. The highest BCUT2D eigenvalue weighted by Crippen LogP contribution is 2.39. The third-order valence-electron chi connectivity index (χ3n) is 12.6. The number of benzene rings is 2. The molecule has 0 radical (unpaired) electrons. The molecule has 3 N–H and O–H groups in total. The summed E-state index contributed by atoms with van der Waals surface area (Å²) in [6, 6.07) is 25.6. The molecule has 3 aliphatic rings. The van der Waals surface area contributed by atoms with Gasteiger partial charge in [0.2, 0.25) is 0 Å². The van der Waals surface area contributed by atoms with Crippen molar-refractivity contribution in [1.29, 1.82) is 0 Å². The summed E-state index contributed by atoms with van der Waals surface area (Å²) in [5.74, 6) is 1.19. The van der Waals surface area contributed by atoms with E-state index in [1.165, 1.54) is 0 Å². The summed E-state index contributed by atoms with van der Waals surface area (Å²) < 4.78 is 32.2. The number of hydroxylamine groups is 2. The topological polar surface area (TPSA) is 223 Å². The lowest BCUT2D eigenvalue weighted by Crippen LogP contribution is -2.45. The van der Waals surface area contributed by atoms with E-state index in [0.29, 0.717) is 35.6 Å². The molecule has 3 saturated heterocycles. The summed E-state index contributed by atoms with van der Waals surface area (Å²) in [6.45, 7) is 21.3. The Kier molecular flexibility index (Phi) is 20.3. The van der Waals surface area contributed by atoms with Crippen LogP contribution in [0.25, 0.3) is 0 Å². The van der Waals surface area contributed by atoms with E-state index in [0.717, 1.165) is 55.5 Å². The molecule has 5 heterocycles. The van der Waals surface area contributed by atoms with Crippen LogP contribution in [0, 0.1) is 11.8 Å². The van der Waals surface area contributed by atoms with Crippen LogP contribution in [0.1, 0.15) is 155 Å². The van der Waals surface area contributed by atoms with E-state index in [1.54, 1.807) is 36.8 Å². The van der Waals surface area contributed by atoms with Crippen LogP contribution in [0.3, 0.4) is 0 Å². The number of imide groups is 1. The number of nitrogens with two attached hydrogens (primary N) is 1. The van der Waals surface area contributed by atoms with Crippen molar-refractivity contribution in [3.8, 4) is 0 Å². The average molecular weight is 1030 g/mol. The number of likely N-dealkylation sites (tertiary alicyclic amines) is 2. The first-order valence-corrected chi connectivity index (χ1v) is 25.3. The SMILES string of the molecule is CC(C)(C)OC(=O)N1C[C@@H](CCC(N)c2ccco2)CC1(C)C.CC(C)(C)OC(=O)N1C[C@@H](CCC(NC(=O)OCc2ccccc2)c2ccco2)CC1(C)C.O=C(OCc1ccccc1)ON1C(=O)CCC1=O. The Hall–Kier alpha value is -6.82. The molecular formula is C56H77N5O13. The zero-order chi connectivity index (χ0) is 54.3. The molecule has 4 aromatic rings. The number of hydrogen-bond acceptors (Lipinski definition) is 14. The van der Waals surface area contributed by atoms with E-state index in [1.807, 2.05) is 112 Å². The van der Waals surface area contributed by atoms with Gasteiger partial charge in [-0.05, 0) is 155 Å². The number of nitrogens with zero attached hydrogens (tertiary/aromatic N) is 3. The second-order valence-electron chi connectivity index (χ2n) is 22.2. The number of carbonyl (C=O) groups excluding carboxylic acids is 6. The zero-order valence-corrected chi connectivity index (χ0v) is 44.8. The lowest BCUT2D eigenvalue weighted by Gasteiger charge is -2.33. The van der Waals surface area contributed by atoms with Crippen LogP contribution in [0.2, 0.25) is 0 Å². The van der Waals surface area contributed by atoms with Crippen LogP contribution in [0.4, 0.5) is 19.2 Å². The van der Waals surface area contributed by atoms with E-state index < -0.39 is 35.3 Å². The minimum absolute atomic E-state index is 0.0237. The Morgan fingerprint density at radius 3 is 1.54 bits per heavy atom. The van der Waals surface area contributed by atoms with E-state index in [-0.39, 0.29) is 61.4 Å². The number of amides is 5. The molecule has 18 heteroatoms. The Labute approximate surface area is 435 Å². The maximum atomic E-state index is 12.7. The number of carbonyl (C=O) groups is 6. The maximum Gasteiger partial charge on any atom is 0.534 e. The van der Waals surface area contributed by atoms with Crippen molar-refractivity contribution in [2.24, 2.45) is 17.6 Å². The van der Waals surface area contributed by atoms with Crippen LogP contribution in [-0.4, -0.2) is 86.5 Å². The van der Waals surface area contributed by atoms with Crippen LogP contribution < -0.4 is 11.1 Å². The molecule has 2 aromatic heterocycles. The van der Waals surface area contributed by atoms with Gasteiger partial charge in [-0.2, -0.15) is 0 Å². The highest BCUT2D eigenvalue weighted by atomic mass is 16.8. The molecule has 0 spiro atoms. The Bertz CT molecular complexity index is 2400. The van der Waals surface area contributed by atoms with Crippen molar-refractivity contribution >= 4 is 36.2 Å². The quantitative estimate of drug-likeness (QED) is 0.0681. The highest BCUT2D eigenvalue weighted by Gasteiger charge is 2.44. The summed E-state index contributed by atoms with van der Waals surface area (Å²) in [5, 5.41) is 3.39. The highest BCUT2D eigenvalue weighted by molar-refractivity contribution is 6.01. The maximum absolute atomic E-state index is 12.7. The summed E-state index contributed by atoms with van der Waals surface area (Å²) in [4.78, 5) is 79.4. The second kappa shape index (κ2) is 25.9. The minimum Gasteiger partial charge on any atom is -0.468 e. The average Bonchev–Trinajstić information content (AvgIpc) is 4.19. The molecular weight excluding hydrogens is 951 g/mol. The fourth-order valence-electron chi connectivity index (χ4n) is 9.06. The van der Waals surface area contributed by atoms with Crippen molar-refractivity contribution in [3.63, 3.8) is 0 Å². The lowest BCUT2D eigenvalue weighted by molar-refractivity contribution is -0.177. The molecule has 18 nitrogen and oxygen atoms in total. The molecule has 2 unspecified atom stereocenters. The van der Waals surface area contributed by atoms with Crippen molar-refractivity contribution in [2.45, 2.75) is 168 Å². The first kappa shape index (κ1) is 58.1. The normalized spacial score (nSPS) is 18.8. The van der Waals surface area contributed by atoms with E-state index in [4.69, 9.17) is 33.5 Å². The fraction of sp³-hybridized carbons (Fsp3) is 0.536. The first-order valence-electron chi connectivity index (χ1n) is 25.3. The Morgan fingerprint density at radius 2 is 1.09 bits per heavy atom. The van der Waals surface area contributed by atoms with E-state index in [2.05, 4.69) is 37.8 Å². The molecule has 3 fully saturated rings. The minimum atomic E-state index is -1.07. The molecule has 7 rings (SSSR count). The van der Waals surface area contributed by atoms with E-state index >= 15 is 0 Å². The van der Waals surface area contributed by atoms with Gasteiger partial charge in [0.15, 0.2) is 0 Å². The molecule has 404 valence electrons. The summed E-state index contributed by atoms with van der Waals surface area (Å²) in [5.41, 5.74) is 6.42. The fourth-order valence-corrected chi connectivity index (χ4v) is 9.06. The summed E-state index contributed by atoms with van der Waals surface area (Å²) in [6.07, 6.45) is 6.50. The molecule has 5 amide bonds. The van der Waals surface area contributed by atoms with Crippen LogP contribution in [-0.2, 0) is 46.6 Å². The molecule has 0 bridgehead atoms. The van der Waals surface area contributed by atoms with Gasteiger partial charge in [0, 0.05) is 37.0 Å². The van der Waals surface area contributed by atoms with Gasteiger partial charge in [-0.3, -0.25) is 14.4 Å². The third kappa shape index (κ3) is 18.6. The van der Waals surface area contributed by atoms with Crippen molar-refractivity contribution in [3.05, 3.63) is 120 Å². The van der Waals surface area contributed by atoms with Crippen LogP contribution >= 0.6 is 0 Å². The molecule has 4 atom stereocenters. The van der Waals surface area contributed by atoms with Gasteiger partial charge in [0.25, 0.3) is 11.8 Å². The predicted molar refractivity (Wildman–Crippen MR) is 274 cm³/mol. The van der Waals surface area contributed by atoms with E-state index in [9.17, 15) is 28.8 Å². The standard InChI is InChI=1S/C26H36N2O5.C18H30N2O3.C12H11NO5/c1-25(2,3)33-24(30)28-17-20(16-26(28,4)5)13-14-21(22-12-9-15-31-22)27-23(29)32-18-19-10-7-6-8-11-19;1-17(2,3)23-16(21)20-12-13(11-18(20,4)5)8-9-14(19)15-7-6-10-22-15;14-10-6-7-11(15)13(10)18-12(16)17-8-9-4-2-1-3-5-9/h6-12,15,20-21H,13-14,16-18H2,1-5H3,(H,27,29);6-7,10,13-14H,8-9,11-12,19H2,1-5H3;1-5H,6-8H2/t20-,21?;13-,14?;/m00./s1. The van der Waals surface area contributed by atoms with Gasteiger partial charge in [-0.25, -0.2) is 19.2 Å². The van der Waals surface area contributed by atoms with Crippen molar-refractivity contribution < 1.29 is 61.4 Å². The number of nitrogens with one attached hydrogen (secondary N) is 1. The first-order chi connectivity index (χ1) is 34.8.